The number of nitrogens with zero attached hydrogens (tertiary/aromatic N) is 3. The predicted octanol–water partition coefficient (Wildman–Crippen LogP) is 4.52. The first-order valence-corrected chi connectivity index (χ1v) is 9.49. The number of halogens is 1. The van der Waals surface area contributed by atoms with Gasteiger partial charge in [0, 0.05) is 16.0 Å². The summed E-state index contributed by atoms with van der Waals surface area (Å²) in [4.78, 5) is 17.5. The molecule has 0 aliphatic carbocycles. The van der Waals surface area contributed by atoms with E-state index in [2.05, 4.69) is 15.4 Å². The topological polar surface area (TPSA) is 68.5 Å². The molecule has 0 bridgehead atoms. The van der Waals surface area contributed by atoms with E-state index in [-0.39, 0.29) is 11.9 Å². The summed E-state index contributed by atoms with van der Waals surface area (Å²) in [6.45, 7) is 1.66. The molecule has 136 valence electrons. The third-order valence-electron chi connectivity index (χ3n) is 3.88. The molecule has 0 saturated heterocycles. The number of benzene rings is 2. The Morgan fingerprint density at radius 3 is 2.67 bits per heavy atom. The van der Waals surface area contributed by atoms with E-state index in [0.717, 1.165) is 11.3 Å². The van der Waals surface area contributed by atoms with Crippen molar-refractivity contribution >= 4 is 39.8 Å². The van der Waals surface area contributed by atoms with E-state index < -0.39 is 6.10 Å². The summed E-state index contributed by atoms with van der Waals surface area (Å²) in [5, 5.41) is 9.70. The molecule has 0 aliphatic heterocycles. The number of thiazole rings is 1. The van der Waals surface area contributed by atoms with Crippen LogP contribution in [0.25, 0.3) is 16.2 Å². The second kappa shape index (κ2) is 7.38. The second-order valence-corrected chi connectivity index (χ2v) is 7.09. The minimum Gasteiger partial charge on any atom is -0.481 e. The van der Waals surface area contributed by atoms with Crippen molar-refractivity contribution in [3.8, 4) is 17.0 Å². The van der Waals surface area contributed by atoms with Crippen LogP contribution in [0.1, 0.15) is 6.92 Å². The molecule has 27 heavy (non-hydrogen) atoms. The fourth-order valence-electron chi connectivity index (χ4n) is 2.52. The highest BCUT2D eigenvalue weighted by Gasteiger charge is 2.18. The molecule has 0 spiro atoms. The lowest BCUT2D eigenvalue weighted by atomic mass is 10.2. The molecular formula is C19H15ClN4O2S. The Balaban J connectivity index is 1.49. The van der Waals surface area contributed by atoms with Crippen molar-refractivity contribution in [1.82, 2.24) is 14.6 Å². The van der Waals surface area contributed by atoms with E-state index >= 15 is 0 Å². The molecule has 1 unspecified atom stereocenters. The first-order valence-electron chi connectivity index (χ1n) is 8.23. The molecule has 0 aliphatic rings. The SMILES string of the molecule is CC(Oc1ccc(Cl)cc1)C(=O)Nc1nc2scc(-c3ccccc3)n2n1. The second-order valence-electron chi connectivity index (χ2n) is 5.82. The molecule has 2 aromatic carbocycles. The lowest BCUT2D eigenvalue weighted by Crippen LogP contribution is -2.30. The van der Waals surface area contributed by atoms with Crippen LogP contribution in [0.2, 0.25) is 5.02 Å². The molecule has 1 N–H and O–H groups in total. The van der Waals surface area contributed by atoms with Gasteiger partial charge in [-0.25, -0.2) is 4.52 Å². The molecule has 0 saturated carbocycles. The van der Waals surface area contributed by atoms with Gasteiger partial charge < -0.3 is 4.74 Å². The van der Waals surface area contributed by atoms with E-state index in [1.165, 1.54) is 11.3 Å². The van der Waals surface area contributed by atoms with E-state index in [4.69, 9.17) is 16.3 Å². The monoisotopic (exact) mass is 398 g/mol. The van der Waals surface area contributed by atoms with E-state index in [0.29, 0.717) is 15.7 Å². The number of fused-ring (bicyclic) bond motifs is 1. The van der Waals surface area contributed by atoms with Crippen LogP contribution < -0.4 is 10.1 Å². The predicted molar refractivity (Wildman–Crippen MR) is 106 cm³/mol. The number of amides is 1. The van der Waals surface area contributed by atoms with E-state index in [1.807, 2.05) is 35.7 Å². The summed E-state index contributed by atoms with van der Waals surface area (Å²) in [7, 11) is 0. The average molecular weight is 399 g/mol. The van der Waals surface area contributed by atoms with Crippen LogP contribution in [0.4, 0.5) is 5.95 Å². The zero-order valence-corrected chi connectivity index (χ0v) is 15.9. The first kappa shape index (κ1) is 17.5. The minimum absolute atomic E-state index is 0.246. The maximum Gasteiger partial charge on any atom is 0.267 e. The van der Waals surface area contributed by atoms with Crippen LogP contribution in [-0.4, -0.2) is 26.6 Å². The van der Waals surface area contributed by atoms with Gasteiger partial charge in [0.15, 0.2) is 6.10 Å². The van der Waals surface area contributed by atoms with E-state index in [9.17, 15) is 4.79 Å². The third-order valence-corrected chi connectivity index (χ3v) is 4.95. The van der Waals surface area contributed by atoms with Crippen molar-refractivity contribution in [2.75, 3.05) is 5.32 Å². The Hall–Kier alpha value is -2.90. The number of hydrogen-bond acceptors (Lipinski definition) is 5. The van der Waals surface area contributed by atoms with E-state index in [1.54, 1.807) is 35.7 Å². The molecular weight excluding hydrogens is 384 g/mol. The minimum atomic E-state index is -0.707. The molecule has 4 rings (SSSR count). The van der Waals surface area contributed by atoms with Gasteiger partial charge in [-0.05, 0) is 31.2 Å². The summed E-state index contributed by atoms with van der Waals surface area (Å²) in [5.74, 6) is 0.479. The van der Waals surface area contributed by atoms with Gasteiger partial charge in [-0.1, -0.05) is 41.9 Å². The number of anilines is 1. The highest BCUT2D eigenvalue weighted by Crippen LogP contribution is 2.25. The molecule has 8 heteroatoms. The maximum absolute atomic E-state index is 12.4. The Morgan fingerprint density at radius 1 is 1.19 bits per heavy atom. The van der Waals surface area contributed by atoms with Gasteiger partial charge >= 0.3 is 0 Å². The number of ether oxygens (including phenoxy) is 1. The van der Waals surface area contributed by atoms with Crippen molar-refractivity contribution in [1.29, 1.82) is 0 Å². The Bertz CT molecular complexity index is 1080. The zero-order valence-electron chi connectivity index (χ0n) is 14.3. The summed E-state index contributed by atoms with van der Waals surface area (Å²) in [6.07, 6.45) is -0.707. The number of nitrogens with one attached hydrogen (secondary N) is 1. The van der Waals surface area contributed by atoms with Crippen LogP contribution in [-0.2, 0) is 4.79 Å². The lowest BCUT2D eigenvalue weighted by Gasteiger charge is -2.13. The molecule has 0 radical (unpaired) electrons. The summed E-state index contributed by atoms with van der Waals surface area (Å²) in [5.41, 5.74) is 1.96. The largest absolute Gasteiger partial charge is 0.481 e. The van der Waals surface area contributed by atoms with Crippen molar-refractivity contribution in [2.45, 2.75) is 13.0 Å². The summed E-state index contributed by atoms with van der Waals surface area (Å²) >= 11 is 7.31. The van der Waals surface area contributed by atoms with Gasteiger partial charge in [-0.3, -0.25) is 10.1 Å². The van der Waals surface area contributed by atoms with Crippen LogP contribution in [0.15, 0.2) is 60.0 Å². The number of carbonyl (C=O) groups excluding carboxylic acids is 1. The molecule has 1 amide bonds. The highest BCUT2D eigenvalue weighted by atomic mass is 35.5. The van der Waals surface area contributed by atoms with Crippen LogP contribution >= 0.6 is 22.9 Å². The zero-order chi connectivity index (χ0) is 18.8. The first-order chi connectivity index (χ1) is 13.1. The van der Waals surface area contributed by atoms with Gasteiger partial charge in [0.25, 0.3) is 11.9 Å². The third kappa shape index (κ3) is 3.79. The molecule has 6 nitrogen and oxygen atoms in total. The van der Waals surface area contributed by atoms with Crippen molar-refractivity contribution < 1.29 is 9.53 Å². The normalized spacial score (nSPS) is 12.1. The van der Waals surface area contributed by atoms with Gasteiger partial charge in [0.05, 0.1) is 5.69 Å². The smallest absolute Gasteiger partial charge is 0.267 e. The quantitative estimate of drug-likeness (QED) is 0.536. The summed E-state index contributed by atoms with van der Waals surface area (Å²) < 4.78 is 7.34. The molecule has 0 fully saturated rings. The summed E-state index contributed by atoms with van der Waals surface area (Å²) in [6, 6.07) is 16.7. The van der Waals surface area contributed by atoms with Crippen molar-refractivity contribution in [3.63, 3.8) is 0 Å². The molecule has 2 aromatic heterocycles. The fourth-order valence-corrected chi connectivity index (χ4v) is 3.48. The Kier molecular flexibility index (Phi) is 4.79. The van der Waals surface area contributed by atoms with Crippen molar-refractivity contribution in [2.24, 2.45) is 0 Å². The van der Waals surface area contributed by atoms with Crippen LogP contribution in [0.5, 0.6) is 5.75 Å². The maximum atomic E-state index is 12.4. The standard InChI is InChI=1S/C19H15ClN4O2S/c1-12(26-15-9-7-14(20)8-10-15)17(25)21-18-22-19-24(23-18)16(11-27-19)13-5-3-2-4-6-13/h2-12H,1H3,(H,21,23,25). The molecule has 1 atom stereocenters. The molecule has 2 heterocycles. The van der Waals surface area contributed by atoms with Crippen LogP contribution in [0.3, 0.4) is 0 Å². The number of aromatic nitrogens is 3. The Labute approximate surface area is 164 Å². The lowest BCUT2D eigenvalue weighted by molar-refractivity contribution is -0.122. The number of carbonyl (C=O) groups is 1. The van der Waals surface area contributed by atoms with Crippen molar-refractivity contribution in [3.05, 3.63) is 65.0 Å². The van der Waals surface area contributed by atoms with Gasteiger partial charge in [0.1, 0.15) is 5.75 Å². The fraction of sp³-hybridized carbons (Fsp3) is 0.105. The van der Waals surface area contributed by atoms with Gasteiger partial charge in [0.2, 0.25) is 4.96 Å². The van der Waals surface area contributed by atoms with Gasteiger partial charge in [-0.2, -0.15) is 4.98 Å². The van der Waals surface area contributed by atoms with Gasteiger partial charge in [-0.15, -0.1) is 16.4 Å². The number of rotatable bonds is 5. The molecule has 4 aromatic rings. The average Bonchev–Trinajstić information content (AvgIpc) is 3.24. The number of hydrogen-bond donors (Lipinski definition) is 1. The van der Waals surface area contributed by atoms with Crippen LogP contribution in [0, 0.1) is 0 Å². The Morgan fingerprint density at radius 2 is 1.93 bits per heavy atom. The highest BCUT2D eigenvalue weighted by molar-refractivity contribution is 7.15.